The topological polar surface area (TPSA) is 33.6 Å². The van der Waals surface area contributed by atoms with Gasteiger partial charge >= 0.3 is 12.4 Å². The van der Waals surface area contributed by atoms with E-state index in [1.807, 2.05) is 68.4 Å². The van der Waals surface area contributed by atoms with Gasteiger partial charge in [-0.05, 0) is 117 Å². The average molecular weight is 720 g/mol. The van der Waals surface area contributed by atoms with Crippen LogP contribution in [0, 0.1) is 31.0 Å². The van der Waals surface area contributed by atoms with Gasteiger partial charge in [-0.15, -0.1) is 0 Å². The van der Waals surface area contributed by atoms with Gasteiger partial charge in [0.05, 0.1) is 50.6 Å². The van der Waals surface area contributed by atoms with Gasteiger partial charge in [0.1, 0.15) is 11.4 Å². The van der Waals surface area contributed by atoms with Crippen molar-refractivity contribution in [2.24, 2.45) is 0 Å². The Kier molecular flexibility index (Phi) is 7.87. The van der Waals surface area contributed by atoms with Gasteiger partial charge in [-0.3, -0.25) is 0 Å². The van der Waals surface area contributed by atoms with Crippen LogP contribution >= 0.6 is 0 Å². The van der Waals surface area contributed by atoms with E-state index in [0.29, 0.717) is 34.9 Å². The van der Waals surface area contributed by atoms with Gasteiger partial charge < -0.3 is 9.13 Å². The zero-order chi connectivity index (χ0) is 37.4. The Labute approximate surface area is 298 Å². The molecule has 53 heavy (non-hydrogen) atoms. The fourth-order valence-electron chi connectivity index (χ4n) is 7.49. The summed E-state index contributed by atoms with van der Waals surface area (Å²) in [6.07, 6.45) is -8.47. The molecule has 264 valence electrons. The molecule has 0 N–H and O–H groups in total. The Morgan fingerprint density at radius 2 is 1.04 bits per heavy atom. The number of aromatic nitrogens is 2. The van der Waals surface area contributed by atoms with E-state index in [1.165, 1.54) is 28.8 Å². The van der Waals surface area contributed by atoms with Crippen LogP contribution in [0.25, 0.3) is 55.0 Å². The first-order valence-corrected chi connectivity index (χ1v) is 16.8. The summed E-state index contributed by atoms with van der Waals surface area (Å²) in [5.74, 6) is -1.35. The SMILES string of the molecule is Cc1ccc2c(c1)c1cc(CCc3ccc4c(c3)c3cc(C)ccc3n4-c3cccc(F)c3C(F)(F)F)ccc1n2-c1ccc(C#N)cc1C(F)(F)F. The van der Waals surface area contributed by atoms with E-state index in [1.54, 1.807) is 28.8 Å². The number of rotatable bonds is 5. The Bertz CT molecular complexity index is 2810. The molecule has 2 heterocycles. The van der Waals surface area contributed by atoms with E-state index in [4.69, 9.17) is 0 Å². The van der Waals surface area contributed by atoms with E-state index >= 15 is 0 Å². The summed E-state index contributed by atoms with van der Waals surface area (Å²) in [5, 5.41) is 12.4. The van der Waals surface area contributed by atoms with Crippen molar-refractivity contribution in [1.82, 2.24) is 9.13 Å². The Morgan fingerprint density at radius 1 is 0.547 bits per heavy atom. The molecule has 0 radical (unpaired) electrons. The number of aryl methyl sites for hydroxylation is 4. The molecular weight excluding hydrogens is 691 g/mol. The van der Waals surface area contributed by atoms with Crippen LogP contribution in [0.1, 0.15) is 38.9 Å². The van der Waals surface area contributed by atoms with Crippen molar-refractivity contribution in [3.05, 3.63) is 154 Å². The number of fused-ring (bicyclic) bond motifs is 6. The van der Waals surface area contributed by atoms with E-state index in [-0.39, 0.29) is 16.9 Å². The van der Waals surface area contributed by atoms with Crippen molar-refractivity contribution in [3.63, 3.8) is 0 Å². The van der Waals surface area contributed by atoms with Crippen LogP contribution in [0.3, 0.4) is 0 Å². The predicted molar refractivity (Wildman–Crippen MR) is 193 cm³/mol. The lowest BCUT2D eigenvalue weighted by Crippen LogP contribution is -2.13. The quantitative estimate of drug-likeness (QED) is 0.163. The molecule has 3 nitrogen and oxygen atoms in total. The molecule has 8 aromatic rings. The van der Waals surface area contributed by atoms with Crippen molar-refractivity contribution in [2.75, 3.05) is 0 Å². The summed E-state index contributed by atoms with van der Waals surface area (Å²) in [5.41, 5.74) is 3.28. The van der Waals surface area contributed by atoms with E-state index in [2.05, 4.69) is 0 Å². The molecule has 0 aliphatic rings. The van der Waals surface area contributed by atoms with E-state index in [9.17, 15) is 36.0 Å². The second kappa shape index (κ2) is 12.3. The lowest BCUT2D eigenvalue weighted by molar-refractivity contribution is -0.140. The summed E-state index contributed by atoms with van der Waals surface area (Å²) >= 11 is 0. The number of alkyl halides is 6. The molecule has 0 saturated heterocycles. The van der Waals surface area contributed by atoms with Gasteiger partial charge in [0.15, 0.2) is 0 Å². The number of benzene rings is 6. The second-order valence-electron chi connectivity index (χ2n) is 13.4. The third kappa shape index (κ3) is 5.77. The molecule has 0 saturated carbocycles. The first-order valence-electron chi connectivity index (χ1n) is 16.8. The molecule has 0 amide bonds. The van der Waals surface area contributed by atoms with Crippen molar-refractivity contribution in [1.29, 1.82) is 5.26 Å². The van der Waals surface area contributed by atoms with Gasteiger partial charge in [0.2, 0.25) is 0 Å². The van der Waals surface area contributed by atoms with Gasteiger partial charge in [0, 0.05) is 21.5 Å². The average Bonchev–Trinajstić information content (AvgIpc) is 3.60. The minimum Gasteiger partial charge on any atom is -0.309 e. The Hall–Kier alpha value is -6.08. The highest BCUT2D eigenvalue weighted by Gasteiger charge is 2.38. The summed E-state index contributed by atoms with van der Waals surface area (Å²) in [7, 11) is 0. The molecule has 8 rings (SSSR count). The third-order valence-corrected chi connectivity index (χ3v) is 9.86. The molecule has 0 atom stereocenters. The molecule has 0 aliphatic carbocycles. The highest BCUT2D eigenvalue weighted by molar-refractivity contribution is 6.11. The smallest absolute Gasteiger partial charge is 0.309 e. The minimum absolute atomic E-state index is 0.0728. The molecule has 0 aliphatic heterocycles. The van der Waals surface area contributed by atoms with Crippen LogP contribution < -0.4 is 0 Å². The molecule has 0 unspecified atom stereocenters. The maximum atomic E-state index is 14.7. The number of hydrogen-bond acceptors (Lipinski definition) is 1. The van der Waals surface area contributed by atoms with Crippen molar-refractivity contribution in [3.8, 4) is 17.4 Å². The van der Waals surface area contributed by atoms with Gasteiger partial charge in [0.25, 0.3) is 0 Å². The van der Waals surface area contributed by atoms with Crippen LogP contribution in [0.2, 0.25) is 0 Å². The standard InChI is InChI=1S/C43H28F7N3/c1-24-6-13-35-29(18-24)31-20-26(10-15-37(31)52(35)39-17-12-28(23-51)22-33(39)42(45,46)47)8-9-27-11-16-38-32(21-27)30-19-25(2)7-14-36(30)53(38)40-5-3-4-34(44)41(40)43(48,49)50/h3-7,10-22H,8-9H2,1-2H3. The van der Waals surface area contributed by atoms with Crippen molar-refractivity contribution in [2.45, 2.75) is 39.0 Å². The molecule has 0 bridgehead atoms. The maximum Gasteiger partial charge on any atom is 0.421 e. The molecular formula is C43H28F7N3. The fourth-order valence-corrected chi connectivity index (χ4v) is 7.49. The lowest BCUT2D eigenvalue weighted by Gasteiger charge is -2.16. The zero-order valence-electron chi connectivity index (χ0n) is 28.3. The fraction of sp³-hybridized carbons (Fsp3) is 0.140. The van der Waals surface area contributed by atoms with Crippen LogP contribution in [0.5, 0.6) is 0 Å². The highest BCUT2D eigenvalue weighted by atomic mass is 19.4. The van der Waals surface area contributed by atoms with E-state index < -0.39 is 29.3 Å². The van der Waals surface area contributed by atoms with Gasteiger partial charge in [-0.1, -0.05) is 41.5 Å². The normalized spacial score (nSPS) is 12.4. The summed E-state index contributed by atoms with van der Waals surface area (Å²) in [6.45, 7) is 3.82. The number of hydrogen-bond donors (Lipinski definition) is 0. The van der Waals surface area contributed by atoms with Crippen molar-refractivity contribution < 1.29 is 30.7 Å². The lowest BCUT2D eigenvalue weighted by atomic mass is 10.0. The van der Waals surface area contributed by atoms with Crippen LogP contribution in [0.15, 0.2) is 109 Å². The predicted octanol–water partition coefficient (Wildman–Crippen LogP) is 12.3. The zero-order valence-corrected chi connectivity index (χ0v) is 28.3. The Balaban J connectivity index is 1.21. The Morgan fingerprint density at radius 3 is 1.53 bits per heavy atom. The van der Waals surface area contributed by atoms with Gasteiger partial charge in [-0.25, -0.2) is 4.39 Å². The largest absolute Gasteiger partial charge is 0.421 e. The van der Waals surface area contributed by atoms with Crippen LogP contribution in [-0.2, 0) is 25.2 Å². The number of nitriles is 1. The van der Waals surface area contributed by atoms with Crippen molar-refractivity contribution >= 4 is 43.6 Å². The minimum atomic E-state index is -4.91. The first-order chi connectivity index (χ1) is 25.2. The maximum absolute atomic E-state index is 14.7. The number of halogens is 7. The summed E-state index contributed by atoms with van der Waals surface area (Å²) < 4.78 is 103. The molecule has 0 spiro atoms. The monoisotopic (exact) mass is 719 g/mol. The highest BCUT2D eigenvalue weighted by Crippen LogP contribution is 2.42. The van der Waals surface area contributed by atoms with Crippen LogP contribution in [0.4, 0.5) is 30.7 Å². The summed E-state index contributed by atoms with van der Waals surface area (Å²) in [6, 6.07) is 31.1. The molecule has 10 heteroatoms. The molecule has 2 aromatic heterocycles. The second-order valence-corrected chi connectivity index (χ2v) is 13.4. The molecule has 6 aromatic carbocycles. The van der Waals surface area contributed by atoms with E-state index in [0.717, 1.165) is 55.9 Å². The first kappa shape index (κ1) is 34.0. The third-order valence-electron chi connectivity index (χ3n) is 9.86. The number of nitrogens with zero attached hydrogens (tertiary/aromatic N) is 3. The summed E-state index contributed by atoms with van der Waals surface area (Å²) in [4.78, 5) is 0. The van der Waals surface area contributed by atoms with Gasteiger partial charge in [-0.2, -0.15) is 31.6 Å². The molecule has 0 fully saturated rings. The van der Waals surface area contributed by atoms with Crippen LogP contribution in [-0.4, -0.2) is 9.13 Å².